The predicted octanol–water partition coefficient (Wildman–Crippen LogP) is 0.817. The number of aliphatic imine (C=N–C) groups is 1. The first-order valence-corrected chi connectivity index (χ1v) is 7.11. The van der Waals surface area contributed by atoms with Crippen molar-refractivity contribution in [1.29, 1.82) is 0 Å². The number of hydrogen-bond acceptors (Lipinski definition) is 3. The molecule has 5 nitrogen and oxygen atoms in total. The Bertz CT molecular complexity index is 247. The van der Waals surface area contributed by atoms with E-state index < -0.39 is 0 Å². The molecule has 1 aliphatic heterocycles. The normalized spacial score (nSPS) is 18.6. The fraction of sp³-hybridized carbons (Fsp3) is 0.923. The molecule has 0 saturated carbocycles. The minimum atomic E-state index is 0. The highest BCUT2D eigenvalue weighted by Crippen LogP contribution is 1.99. The second-order valence-electron chi connectivity index (χ2n) is 4.92. The van der Waals surface area contributed by atoms with Crippen molar-refractivity contribution in [2.24, 2.45) is 4.99 Å². The van der Waals surface area contributed by atoms with Gasteiger partial charge in [0.15, 0.2) is 5.96 Å². The third kappa shape index (κ3) is 8.65. The quantitative estimate of drug-likeness (QED) is 0.419. The Hall–Kier alpha value is -0.0800. The molecule has 0 aromatic carbocycles. The van der Waals surface area contributed by atoms with Crippen LogP contribution < -0.4 is 10.6 Å². The SMILES string of the molecule is CCCNC(=NC)NCCN1CCCN(C)CC1.I. The lowest BCUT2D eigenvalue weighted by atomic mass is 10.4. The molecule has 0 aromatic heterocycles. The summed E-state index contributed by atoms with van der Waals surface area (Å²) in [6.07, 6.45) is 2.40. The van der Waals surface area contributed by atoms with E-state index >= 15 is 0 Å². The molecule has 6 heteroatoms. The monoisotopic (exact) mass is 383 g/mol. The van der Waals surface area contributed by atoms with Gasteiger partial charge in [0.1, 0.15) is 0 Å². The van der Waals surface area contributed by atoms with Gasteiger partial charge in [0.2, 0.25) is 0 Å². The minimum Gasteiger partial charge on any atom is -0.356 e. The van der Waals surface area contributed by atoms with Crippen molar-refractivity contribution in [3.63, 3.8) is 0 Å². The van der Waals surface area contributed by atoms with Gasteiger partial charge < -0.3 is 20.4 Å². The zero-order chi connectivity index (χ0) is 13.2. The van der Waals surface area contributed by atoms with Crippen LogP contribution in [-0.4, -0.2) is 75.7 Å². The van der Waals surface area contributed by atoms with Crippen LogP contribution in [0.4, 0.5) is 0 Å². The Morgan fingerprint density at radius 3 is 2.53 bits per heavy atom. The maximum Gasteiger partial charge on any atom is 0.191 e. The number of guanidine groups is 1. The second kappa shape index (κ2) is 11.7. The Kier molecular flexibility index (Phi) is 11.7. The summed E-state index contributed by atoms with van der Waals surface area (Å²) in [6, 6.07) is 0. The molecular formula is C13H30IN5. The van der Waals surface area contributed by atoms with Crippen molar-refractivity contribution < 1.29 is 0 Å². The molecule has 0 radical (unpaired) electrons. The first kappa shape index (κ1) is 18.9. The standard InChI is InChI=1S/C13H29N5.HI/c1-4-6-15-13(14-2)16-7-10-18-9-5-8-17(3)11-12-18;/h4-12H2,1-3H3,(H2,14,15,16);1H. The molecule has 1 aliphatic rings. The molecule has 0 bridgehead atoms. The summed E-state index contributed by atoms with van der Waals surface area (Å²) in [5.41, 5.74) is 0. The van der Waals surface area contributed by atoms with Crippen LogP contribution in [-0.2, 0) is 0 Å². The highest BCUT2D eigenvalue weighted by atomic mass is 127. The van der Waals surface area contributed by atoms with Crippen LogP contribution in [0.3, 0.4) is 0 Å². The summed E-state index contributed by atoms with van der Waals surface area (Å²) in [5.74, 6) is 0.920. The third-order valence-corrected chi connectivity index (χ3v) is 3.30. The Labute approximate surface area is 135 Å². The lowest BCUT2D eigenvalue weighted by molar-refractivity contribution is 0.280. The molecule has 0 unspecified atom stereocenters. The van der Waals surface area contributed by atoms with Gasteiger partial charge >= 0.3 is 0 Å². The Morgan fingerprint density at radius 1 is 1.11 bits per heavy atom. The molecule has 114 valence electrons. The van der Waals surface area contributed by atoms with Crippen molar-refractivity contribution in [3.8, 4) is 0 Å². The summed E-state index contributed by atoms with van der Waals surface area (Å²) in [5, 5.41) is 6.66. The van der Waals surface area contributed by atoms with Gasteiger partial charge in [-0.2, -0.15) is 0 Å². The molecule has 1 heterocycles. The van der Waals surface area contributed by atoms with E-state index in [2.05, 4.69) is 39.4 Å². The number of halogens is 1. The highest BCUT2D eigenvalue weighted by molar-refractivity contribution is 14.0. The molecule has 0 aliphatic carbocycles. The van der Waals surface area contributed by atoms with Crippen LogP contribution in [0.5, 0.6) is 0 Å². The molecular weight excluding hydrogens is 353 g/mol. The smallest absolute Gasteiger partial charge is 0.191 e. The van der Waals surface area contributed by atoms with Crippen molar-refractivity contribution >= 4 is 29.9 Å². The minimum absolute atomic E-state index is 0. The molecule has 0 amide bonds. The summed E-state index contributed by atoms with van der Waals surface area (Å²) < 4.78 is 0. The van der Waals surface area contributed by atoms with Gasteiger partial charge in [-0.05, 0) is 33.0 Å². The highest BCUT2D eigenvalue weighted by Gasteiger charge is 2.11. The summed E-state index contributed by atoms with van der Waals surface area (Å²) in [4.78, 5) is 9.15. The van der Waals surface area contributed by atoms with Crippen molar-refractivity contribution in [3.05, 3.63) is 0 Å². The van der Waals surface area contributed by atoms with Gasteiger partial charge in [0, 0.05) is 39.8 Å². The van der Waals surface area contributed by atoms with Gasteiger partial charge in [-0.3, -0.25) is 4.99 Å². The van der Waals surface area contributed by atoms with Crippen LogP contribution in [0.2, 0.25) is 0 Å². The van der Waals surface area contributed by atoms with Gasteiger partial charge in [0.25, 0.3) is 0 Å². The lowest BCUT2D eigenvalue weighted by Gasteiger charge is -2.21. The van der Waals surface area contributed by atoms with E-state index in [9.17, 15) is 0 Å². The Balaban J connectivity index is 0.00000324. The van der Waals surface area contributed by atoms with Crippen molar-refractivity contribution in [1.82, 2.24) is 20.4 Å². The summed E-state index contributed by atoms with van der Waals surface area (Å²) >= 11 is 0. The molecule has 0 spiro atoms. The number of rotatable bonds is 5. The van der Waals surface area contributed by atoms with E-state index in [4.69, 9.17) is 0 Å². The molecule has 2 N–H and O–H groups in total. The van der Waals surface area contributed by atoms with Gasteiger partial charge in [-0.25, -0.2) is 0 Å². The third-order valence-electron chi connectivity index (χ3n) is 3.30. The number of nitrogens with one attached hydrogen (secondary N) is 2. The van der Waals surface area contributed by atoms with Gasteiger partial charge in [-0.15, -0.1) is 24.0 Å². The fourth-order valence-corrected chi connectivity index (χ4v) is 2.12. The van der Waals surface area contributed by atoms with Crippen LogP contribution >= 0.6 is 24.0 Å². The van der Waals surface area contributed by atoms with E-state index in [1.807, 2.05) is 7.05 Å². The van der Waals surface area contributed by atoms with Crippen molar-refractivity contribution in [2.45, 2.75) is 19.8 Å². The maximum absolute atomic E-state index is 4.21. The van der Waals surface area contributed by atoms with E-state index in [1.54, 1.807) is 0 Å². The van der Waals surface area contributed by atoms with Crippen LogP contribution in [0, 0.1) is 0 Å². The average molecular weight is 383 g/mol. The first-order valence-electron chi connectivity index (χ1n) is 7.11. The number of hydrogen-bond donors (Lipinski definition) is 2. The number of likely N-dealkylation sites (N-methyl/N-ethyl adjacent to an activating group) is 1. The molecule has 1 saturated heterocycles. The first-order chi connectivity index (χ1) is 8.76. The van der Waals surface area contributed by atoms with E-state index in [1.165, 1.54) is 32.6 Å². The molecule has 0 atom stereocenters. The zero-order valence-electron chi connectivity index (χ0n) is 12.6. The summed E-state index contributed by atoms with van der Waals surface area (Å²) in [6.45, 7) is 10.0. The molecule has 0 aromatic rings. The maximum atomic E-state index is 4.21. The van der Waals surface area contributed by atoms with Crippen LogP contribution in [0.1, 0.15) is 19.8 Å². The van der Waals surface area contributed by atoms with Gasteiger partial charge in [-0.1, -0.05) is 6.92 Å². The lowest BCUT2D eigenvalue weighted by Crippen LogP contribution is -2.42. The Morgan fingerprint density at radius 2 is 1.84 bits per heavy atom. The van der Waals surface area contributed by atoms with Crippen LogP contribution in [0.25, 0.3) is 0 Å². The molecule has 1 fully saturated rings. The van der Waals surface area contributed by atoms with Crippen molar-refractivity contribution in [2.75, 3.05) is 59.9 Å². The number of nitrogens with zero attached hydrogens (tertiary/aromatic N) is 3. The van der Waals surface area contributed by atoms with E-state index in [0.717, 1.165) is 32.0 Å². The molecule has 19 heavy (non-hydrogen) atoms. The predicted molar refractivity (Wildman–Crippen MR) is 93.6 cm³/mol. The largest absolute Gasteiger partial charge is 0.356 e. The topological polar surface area (TPSA) is 42.9 Å². The zero-order valence-corrected chi connectivity index (χ0v) is 14.9. The van der Waals surface area contributed by atoms with E-state index in [-0.39, 0.29) is 24.0 Å². The average Bonchev–Trinajstić information content (AvgIpc) is 2.58. The van der Waals surface area contributed by atoms with Gasteiger partial charge in [0.05, 0.1) is 0 Å². The summed E-state index contributed by atoms with van der Waals surface area (Å²) in [7, 11) is 4.03. The second-order valence-corrected chi connectivity index (χ2v) is 4.92. The van der Waals surface area contributed by atoms with E-state index in [0.29, 0.717) is 0 Å². The van der Waals surface area contributed by atoms with Crippen LogP contribution in [0.15, 0.2) is 4.99 Å². The molecule has 1 rings (SSSR count). The fourth-order valence-electron chi connectivity index (χ4n) is 2.12.